The van der Waals surface area contributed by atoms with Crippen molar-refractivity contribution in [3.63, 3.8) is 0 Å². The van der Waals surface area contributed by atoms with E-state index < -0.39 is 0 Å². The first-order valence-electron chi connectivity index (χ1n) is 7.79. The van der Waals surface area contributed by atoms with Crippen LogP contribution in [0.1, 0.15) is 24.8 Å². The topological polar surface area (TPSA) is 12.4 Å². The van der Waals surface area contributed by atoms with Crippen molar-refractivity contribution in [3.05, 3.63) is 109 Å². The van der Waals surface area contributed by atoms with Gasteiger partial charge in [-0.15, -0.1) is 0 Å². The van der Waals surface area contributed by atoms with Gasteiger partial charge < -0.3 is 0 Å². The smallest absolute Gasteiger partial charge is 0.0633 e. The van der Waals surface area contributed by atoms with E-state index in [2.05, 4.69) is 67.2 Å². The van der Waals surface area contributed by atoms with Gasteiger partial charge in [0.05, 0.1) is 5.70 Å². The highest BCUT2D eigenvalue weighted by Crippen LogP contribution is 2.28. The number of aliphatic imine (C=N–C) groups is 1. The van der Waals surface area contributed by atoms with E-state index in [9.17, 15) is 0 Å². The van der Waals surface area contributed by atoms with Crippen molar-refractivity contribution in [2.24, 2.45) is 4.99 Å². The summed E-state index contributed by atoms with van der Waals surface area (Å²) in [5.74, 6) is 0.400. The Kier molecular flexibility index (Phi) is 5.87. The molecule has 1 aromatic rings. The summed E-state index contributed by atoms with van der Waals surface area (Å²) in [6.45, 7) is 13.6. The lowest BCUT2D eigenvalue weighted by atomic mass is 9.88. The molecule has 1 aromatic carbocycles. The van der Waals surface area contributed by atoms with Gasteiger partial charge in [-0.05, 0) is 30.1 Å². The van der Waals surface area contributed by atoms with Gasteiger partial charge in [-0.25, -0.2) is 0 Å². The number of nitrogens with zero attached hydrogens (tertiary/aromatic N) is 1. The molecule has 0 radical (unpaired) electrons. The molecule has 1 aliphatic rings. The number of hydrogen-bond acceptors (Lipinski definition) is 1. The second kappa shape index (κ2) is 8.09. The molecule has 0 aliphatic heterocycles. The minimum atomic E-state index is 0.400. The Morgan fingerprint density at radius 1 is 1.22 bits per heavy atom. The third-order valence-corrected chi connectivity index (χ3v) is 3.87. The van der Waals surface area contributed by atoms with Gasteiger partial charge in [-0.1, -0.05) is 86.5 Å². The van der Waals surface area contributed by atoms with Crippen LogP contribution < -0.4 is 0 Å². The Bertz CT molecular complexity index is 712. The number of benzene rings is 1. The zero-order valence-electron chi connectivity index (χ0n) is 13.7. The fraction of sp³-hybridized carbons (Fsp3) is 0.136. The van der Waals surface area contributed by atoms with Crippen LogP contribution in [0.15, 0.2) is 108 Å². The number of hydrogen-bond donors (Lipinski definition) is 0. The summed E-state index contributed by atoms with van der Waals surface area (Å²) >= 11 is 0. The van der Waals surface area contributed by atoms with Crippen LogP contribution in [0.4, 0.5) is 0 Å². The maximum atomic E-state index is 4.63. The summed E-state index contributed by atoms with van der Waals surface area (Å²) in [6.07, 6.45) is 13.0. The minimum Gasteiger partial charge on any atom is -0.253 e. The summed E-state index contributed by atoms with van der Waals surface area (Å²) < 4.78 is 0. The maximum Gasteiger partial charge on any atom is 0.0633 e. The highest BCUT2D eigenvalue weighted by Gasteiger charge is 2.13. The molecule has 0 bridgehead atoms. The molecular formula is C22H23N. The van der Waals surface area contributed by atoms with Crippen LogP contribution >= 0.6 is 0 Å². The van der Waals surface area contributed by atoms with Crippen LogP contribution in [0.5, 0.6) is 0 Å². The molecular weight excluding hydrogens is 278 g/mol. The predicted octanol–water partition coefficient (Wildman–Crippen LogP) is 5.93. The van der Waals surface area contributed by atoms with Crippen molar-refractivity contribution in [2.45, 2.75) is 19.3 Å². The van der Waals surface area contributed by atoms with Gasteiger partial charge in [-0.2, -0.15) is 0 Å². The van der Waals surface area contributed by atoms with Gasteiger partial charge in [0.25, 0.3) is 0 Å². The largest absolute Gasteiger partial charge is 0.253 e. The molecule has 0 saturated heterocycles. The first kappa shape index (κ1) is 16.7. The van der Waals surface area contributed by atoms with Crippen molar-refractivity contribution in [1.82, 2.24) is 0 Å². The van der Waals surface area contributed by atoms with Gasteiger partial charge in [0.15, 0.2) is 0 Å². The molecule has 2 rings (SSSR count). The fourth-order valence-electron chi connectivity index (χ4n) is 2.60. The molecule has 1 heteroatoms. The first-order valence-corrected chi connectivity index (χ1v) is 7.79. The molecule has 1 nitrogen and oxygen atoms in total. The van der Waals surface area contributed by atoms with Crippen molar-refractivity contribution in [2.75, 3.05) is 0 Å². The monoisotopic (exact) mass is 301 g/mol. The highest BCUT2D eigenvalue weighted by atomic mass is 14.8. The lowest BCUT2D eigenvalue weighted by Crippen LogP contribution is -2.05. The third-order valence-electron chi connectivity index (χ3n) is 3.87. The van der Waals surface area contributed by atoms with Crippen LogP contribution in [-0.2, 0) is 0 Å². The zero-order chi connectivity index (χ0) is 16.7. The molecule has 0 aromatic heterocycles. The molecule has 0 amide bonds. The summed E-state index contributed by atoms with van der Waals surface area (Å²) in [6, 6.07) is 10.6. The molecule has 23 heavy (non-hydrogen) atoms. The van der Waals surface area contributed by atoms with E-state index in [1.165, 1.54) is 5.56 Å². The summed E-state index contributed by atoms with van der Waals surface area (Å²) in [5, 5.41) is 0. The maximum absolute atomic E-state index is 4.63. The second-order valence-electron chi connectivity index (χ2n) is 5.48. The average Bonchev–Trinajstić information content (AvgIpc) is 2.60. The van der Waals surface area contributed by atoms with E-state index in [1.807, 2.05) is 19.1 Å². The Hall–Kier alpha value is -2.67. The normalized spacial score (nSPS) is 18.3. The molecule has 0 spiro atoms. The molecule has 1 aliphatic carbocycles. The van der Waals surface area contributed by atoms with E-state index in [-0.39, 0.29) is 0 Å². The minimum absolute atomic E-state index is 0.400. The molecule has 0 fully saturated rings. The predicted molar refractivity (Wildman–Crippen MR) is 102 cm³/mol. The SMILES string of the molecule is C=C/C=C(\C=C)C(=C)N=C(C)C1=CC(c2ccccc2)CC=C1. The lowest BCUT2D eigenvalue weighted by Gasteiger charge is -2.17. The quantitative estimate of drug-likeness (QED) is 0.456. The summed E-state index contributed by atoms with van der Waals surface area (Å²) in [4.78, 5) is 4.63. The van der Waals surface area contributed by atoms with Crippen molar-refractivity contribution < 1.29 is 0 Å². The van der Waals surface area contributed by atoms with E-state index in [0.29, 0.717) is 11.6 Å². The second-order valence-corrected chi connectivity index (χ2v) is 5.48. The first-order chi connectivity index (χ1) is 11.2. The van der Waals surface area contributed by atoms with Crippen LogP contribution in [0.3, 0.4) is 0 Å². The van der Waals surface area contributed by atoms with Crippen LogP contribution in [0.2, 0.25) is 0 Å². The van der Waals surface area contributed by atoms with Gasteiger partial charge in [0.2, 0.25) is 0 Å². The zero-order valence-corrected chi connectivity index (χ0v) is 13.7. The highest BCUT2D eigenvalue weighted by molar-refractivity contribution is 6.01. The van der Waals surface area contributed by atoms with Crippen molar-refractivity contribution in [3.8, 4) is 0 Å². The van der Waals surface area contributed by atoms with Gasteiger partial charge in [0.1, 0.15) is 0 Å². The van der Waals surface area contributed by atoms with Crippen LogP contribution in [-0.4, -0.2) is 5.71 Å². The summed E-state index contributed by atoms with van der Waals surface area (Å²) in [5.41, 5.74) is 5.03. The van der Waals surface area contributed by atoms with Crippen LogP contribution in [0, 0.1) is 0 Å². The molecule has 1 atom stereocenters. The van der Waals surface area contributed by atoms with Gasteiger partial charge >= 0.3 is 0 Å². The molecule has 0 heterocycles. The van der Waals surface area contributed by atoms with Crippen molar-refractivity contribution >= 4 is 5.71 Å². The van der Waals surface area contributed by atoms with Gasteiger partial charge in [-0.3, -0.25) is 4.99 Å². The van der Waals surface area contributed by atoms with Crippen molar-refractivity contribution in [1.29, 1.82) is 0 Å². The fourth-order valence-corrected chi connectivity index (χ4v) is 2.60. The molecule has 0 N–H and O–H groups in total. The lowest BCUT2D eigenvalue weighted by molar-refractivity contribution is 0.849. The molecule has 116 valence electrons. The number of rotatable bonds is 6. The van der Waals surface area contributed by atoms with E-state index >= 15 is 0 Å². The van der Waals surface area contributed by atoms with E-state index in [4.69, 9.17) is 0 Å². The molecule has 0 saturated carbocycles. The summed E-state index contributed by atoms with van der Waals surface area (Å²) in [7, 11) is 0. The third kappa shape index (κ3) is 4.40. The van der Waals surface area contributed by atoms with Crippen LogP contribution in [0.25, 0.3) is 0 Å². The Labute approximate surface area is 139 Å². The Morgan fingerprint density at radius 2 is 1.96 bits per heavy atom. The molecule has 1 unspecified atom stereocenters. The standard InChI is InChI=1S/C22H23N/c1-5-11-19(6-2)17(3)23-18(4)21-14-10-15-22(16-21)20-12-8-7-9-13-20/h5-14,16,22H,1-3,15H2,4H3/b19-11+,23-18?. The van der Waals surface area contributed by atoms with Gasteiger partial charge in [0, 0.05) is 11.6 Å². The Balaban J connectivity index is 2.24. The van der Waals surface area contributed by atoms with E-state index in [1.54, 1.807) is 12.2 Å². The average molecular weight is 301 g/mol. The van der Waals surface area contributed by atoms with E-state index in [0.717, 1.165) is 23.3 Å². The number of allylic oxidation sites excluding steroid dienone is 7. The Morgan fingerprint density at radius 3 is 2.61 bits per heavy atom.